The average molecular weight is 351 g/mol. The molecule has 1 atom stereocenters. The van der Waals surface area contributed by atoms with Crippen LogP contribution in [0.1, 0.15) is 39.0 Å². The number of nitrogens with one attached hydrogen (secondary N) is 1. The maximum absolute atomic E-state index is 6.17. The van der Waals surface area contributed by atoms with E-state index in [1.807, 2.05) is 0 Å². The van der Waals surface area contributed by atoms with E-state index in [9.17, 15) is 0 Å². The lowest BCUT2D eigenvalue weighted by atomic mass is 9.84. The third-order valence-corrected chi connectivity index (χ3v) is 4.84. The molecule has 1 unspecified atom stereocenters. The van der Waals surface area contributed by atoms with Crippen LogP contribution in [0.15, 0.2) is 12.1 Å². The monoisotopic (exact) mass is 349 g/mol. The molecule has 1 aliphatic carbocycles. The molecule has 1 N–H and O–H groups in total. The van der Waals surface area contributed by atoms with Crippen LogP contribution in [0.5, 0.6) is 5.75 Å². The van der Waals surface area contributed by atoms with Gasteiger partial charge in [-0.25, -0.2) is 0 Å². The third-order valence-electron chi connectivity index (χ3n) is 4.06. The molecule has 118 valence electrons. The summed E-state index contributed by atoms with van der Waals surface area (Å²) in [5.41, 5.74) is 0. The topological polar surface area (TPSA) is 21.3 Å². The molecule has 0 aliphatic heterocycles. The molecule has 5 heteroatoms. The zero-order chi connectivity index (χ0) is 15.2. The Morgan fingerprint density at radius 3 is 2.33 bits per heavy atom. The highest BCUT2D eigenvalue weighted by Crippen LogP contribution is 2.36. The van der Waals surface area contributed by atoms with Crippen LogP contribution >= 0.6 is 34.8 Å². The molecule has 0 radical (unpaired) electrons. The molecular weight excluding hydrogens is 329 g/mol. The smallest absolute Gasteiger partial charge is 0.156 e. The Bertz CT molecular complexity index is 438. The van der Waals surface area contributed by atoms with Gasteiger partial charge < -0.3 is 10.1 Å². The van der Waals surface area contributed by atoms with Gasteiger partial charge in [0.25, 0.3) is 0 Å². The van der Waals surface area contributed by atoms with E-state index < -0.39 is 0 Å². The molecule has 2 nitrogen and oxygen atoms in total. The highest BCUT2D eigenvalue weighted by molar-refractivity contribution is 6.40. The molecule has 1 aliphatic rings. The van der Waals surface area contributed by atoms with Gasteiger partial charge in [-0.3, -0.25) is 0 Å². The predicted molar refractivity (Wildman–Crippen MR) is 91.0 cm³/mol. The summed E-state index contributed by atoms with van der Waals surface area (Å²) in [5, 5.41) is 4.99. The van der Waals surface area contributed by atoms with E-state index >= 15 is 0 Å². The molecule has 21 heavy (non-hydrogen) atoms. The Balaban J connectivity index is 2.01. The fourth-order valence-corrected chi connectivity index (χ4v) is 3.93. The predicted octanol–water partition coefficient (Wildman–Crippen LogP) is 5.58. The molecule has 0 saturated heterocycles. The second-order valence-electron chi connectivity index (χ2n) is 5.57. The van der Waals surface area contributed by atoms with Crippen molar-refractivity contribution in [1.82, 2.24) is 5.32 Å². The molecule has 1 saturated carbocycles. The maximum atomic E-state index is 6.17. The van der Waals surface area contributed by atoms with Crippen LogP contribution in [0.4, 0.5) is 0 Å². The number of likely N-dealkylation sites (N-methyl/N-ethyl adjacent to an activating group) is 1. The summed E-state index contributed by atoms with van der Waals surface area (Å²) < 4.78 is 5.91. The standard InChI is InChI=1S/C16H22Cl3NO/c1-2-20-15(11-6-4-3-5-7-11)10-21-16-13(18)8-12(17)9-14(16)19/h8-9,11,15,20H,2-7,10H2,1H3. The van der Waals surface area contributed by atoms with Crippen LogP contribution in [-0.4, -0.2) is 19.2 Å². The summed E-state index contributed by atoms with van der Waals surface area (Å²) in [4.78, 5) is 0. The Hall–Kier alpha value is -0.150. The number of hydrogen-bond acceptors (Lipinski definition) is 2. The summed E-state index contributed by atoms with van der Waals surface area (Å²) in [6, 6.07) is 3.67. The second-order valence-corrected chi connectivity index (χ2v) is 6.82. The van der Waals surface area contributed by atoms with Crippen LogP contribution in [0.3, 0.4) is 0 Å². The first-order chi connectivity index (χ1) is 10.1. The molecule has 0 amide bonds. The van der Waals surface area contributed by atoms with E-state index in [1.54, 1.807) is 12.1 Å². The SMILES string of the molecule is CCNC(COc1c(Cl)cc(Cl)cc1Cl)C1CCCCC1. The van der Waals surface area contributed by atoms with Crippen molar-refractivity contribution in [3.05, 3.63) is 27.2 Å². The summed E-state index contributed by atoms with van der Waals surface area (Å²) in [5.74, 6) is 1.20. The van der Waals surface area contributed by atoms with Gasteiger partial charge in [0.05, 0.1) is 10.0 Å². The zero-order valence-electron chi connectivity index (χ0n) is 12.3. The number of ether oxygens (including phenoxy) is 1. The van der Waals surface area contributed by atoms with Gasteiger partial charge >= 0.3 is 0 Å². The largest absolute Gasteiger partial charge is 0.489 e. The van der Waals surface area contributed by atoms with Crippen LogP contribution in [0, 0.1) is 5.92 Å². The Morgan fingerprint density at radius 2 is 1.76 bits per heavy atom. The number of hydrogen-bond donors (Lipinski definition) is 1. The van der Waals surface area contributed by atoms with Crippen molar-refractivity contribution in [2.75, 3.05) is 13.2 Å². The lowest BCUT2D eigenvalue weighted by Gasteiger charge is -2.31. The second kappa shape index (κ2) is 8.47. The molecule has 1 fully saturated rings. The lowest BCUT2D eigenvalue weighted by Crippen LogP contribution is -2.41. The van der Waals surface area contributed by atoms with Gasteiger partial charge in [-0.15, -0.1) is 0 Å². The van der Waals surface area contributed by atoms with Gasteiger partial charge in [-0.2, -0.15) is 0 Å². The Morgan fingerprint density at radius 1 is 1.14 bits per heavy atom. The number of rotatable bonds is 6. The summed E-state index contributed by atoms with van der Waals surface area (Å²) in [6.07, 6.45) is 6.52. The lowest BCUT2D eigenvalue weighted by molar-refractivity contribution is 0.187. The first-order valence-corrected chi connectivity index (χ1v) is 8.76. The normalized spacial score (nSPS) is 17.7. The van der Waals surface area contributed by atoms with Crippen molar-refractivity contribution in [3.8, 4) is 5.75 Å². The third kappa shape index (κ3) is 4.92. The van der Waals surface area contributed by atoms with E-state index in [4.69, 9.17) is 39.5 Å². The summed E-state index contributed by atoms with van der Waals surface area (Å²) in [7, 11) is 0. The molecular formula is C16H22Cl3NO. The Labute approximate surface area is 142 Å². The van der Waals surface area contributed by atoms with Gasteiger partial charge in [0.1, 0.15) is 6.61 Å². The van der Waals surface area contributed by atoms with Crippen LogP contribution < -0.4 is 10.1 Å². The van der Waals surface area contributed by atoms with Crippen molar-refractivity contribution in [1.29, 1.82) is 0 Å². The number of benzene rings is 1. The van der Waals surface area contributed by atoms with Gasteiger partial charge in [0.2, 0.25) is 0 Å². The van der Waals surface area contributed by atoms with Crippen molar-refractivity contribution in [3.63, 3.8) is 0 Å². The van der Waals surface area contributed by atoms with Crippen molar-refractivity contribution in [2.24, 2.45) is 5.92 Å². The first-order valence-electron chi connectivity index (χ1n) is 7.62. The molecule has 0 bridgehead atoms. The zero-order valence-corrected chi connectivity index (χ0v) is 14.6. The van der Waals surface area contributed by atoms with Crippen LogP contribution in [0.2, 0.25) is 15.1 Å². The van der Waals surface area contributed by atoms with Crippen molar-refractivity contribution >= 4 is 34.8 Å². The van der Waals surface area contributed by atoms with Gasteiger partial charge in [-0.05, 0) is 37.4 Å². The molecule has 0 aromatic heterocycles. The molecule has 0 spiro atoms. The average Bonchev–Trinajstić information content (AvgIpc) is 2.46. The van der Waals surface area contributed by atoms with E-state index in [0.29, 0.717) is 39.4 Å². The quantitative estimate of drug-likeness (QED) is 0.722. The maximum Gasteiger partial charge on any atom is 0.156 e. The summed E-state index contributed by atoms with van der Waals surface area (Å²) in [6.45, 7) is 3.64. The fraction of sp³-hybridized carbons (Fsp3) is 0.625. The number of halogens is 3. The first kappa shape index (κ1) is 17.2. The van der Waals surface area contributed by atoms with Gasteiger partial charge in [-0.1, -0.05) is 61.0 Å². The fourth-order valence-electron chi connectivity index (χ4n) is 3.00. The van der Waals surface area contributed by atoms with Crippen LogP contribution in [-0.2, 0) is 0 Å². The van der Waals surface area contributed by atoms with E-state index in [-0.39, 0.29) is 0 Å². The van der Waals surface area contributed by atoms with Crippen LogP contribution in [0.25, 0.3) is 0 Å². The highest BCUT2D eigenvalue weighted by Gasteiger charge is 2.24. The van der Waals surface area contributed by atoms with Crippen molar-refractivity contribution in [2.45, 2.75) is 45.1 Å². The van der Waals surface area contributed by atoms with Crippen molar-refractivity contribution < 1.29 is 4.74 Å². The minimum atomic E-state index is 0.345. The van der Waals surface area contributed by atoms with Gasteiger partial charge in [0, 0.05) is 11.1 Å². The van der Waals surface area contributed by atoms with E-state index in [2.05, 4.69) is 12.2 Å². The highest BCUT2D eigenvalue weighted by atomic mass is 35.5. The molecule has 0 heterocycles. The van der Waals surface area contributed by atoms with E-state index in [0.717, 1.165) is 6.54 Å². The Kier molecular flexibility index (Phi) is 6.94. The minimum absolute atomic E-state index is 0.345. The molecule has 2 rings (SSSR count). The van der Waals surface area contributed by atoms with E-state index in [1.165, 1.54) is 32.1 Å². The molecule has 1 aromatic carbocycles. The minimum Gasteiger partial charge on any atom is -0.489 e. The molecule has 1 aromatic rings. The van der Waals surface area contributed by atoms with Gasteiger partial charge in [0.15, 0.2) is 5.75 Å². The summed E-state index contributed by atoms with van der Waals surface area (Å²) >= 11 is 18.3.